The molecule has 1 aromatic heterocycles. The van der Waals surface area contributed by atoms with Gasteiger partial charge in [-0.15, -0.1) is 0 Å². The summed E-state index contributed by atoms with van der Waals surface area (Å²) < 4.78 is 0. The van der Waals surface area contributed by atoms with E-state index in [-0.39, 0.29) is 0 Å². The van der Waals surface area contributed by atoms with Gasteiger partial charge in [-0.25, -0.2) is 0 Å². The molecule has 2 atom stereocenters. The van der Waals surface area contributed by atoms with Gasteiger partial charge in [-0.1, -0.05) is 6.92 Å². The van der Waals surface area contributed by atoms with Crippen LogP contribution in [0.15, 0.2) is 12.1 Å². The molecule has 0 spiro atoms. The van der Waals surface area contributed by atoms with E-state index in [0.717, 1.165) is 31.0 Å². The first-order valence-electron chi connectivity index (χ1n) is 6.99. The van der Waals surface area contributed by atoms with Crippen molar-refractivity contribution < 1.29 is 0 Å². The number of hydrogen-bond donors (Lipinski definition) is 1. The van der Waals surface area contributed by atoms with E-state index in [0.29, 0.717) is 12.0 Å². The number of hydrogen-bond acceptors (Lipinski definition) is 3. The van der Waals surface area contributed by atoms with E-state index in [2.05, 4.69) is 55.0 Å². The molecule has 2 heterocycles. The van der Waals surface area contributed by atoms with E-state index in [1.165, 1.54) is 12.1 Å². The van der Waals surface area contributed by atoms with Crippen LogP contribution in [0.1, 0.15) is 31.7 Å². The second-order valence-electron chi connectivity index (χ2n) is 5.71. The van der Waals surface area contributed by atoms with E-state index < -0.39 is 0 Å². The zero-order chi connectivity index (χ0) is 13.1. The van der Waals surface area contributed by atoms with Gasteiger partial charge in [0, 0.05) is 24.8 Å². The quantitative estimate of drug-likeness (QED) is 0.826. The molecule has 0 aliphatic carbocycles. The fraction of sp³-hybridized carbons (Fsp3) is 0.667. The van der Waals surface area contributed by atoms with Crippen LogP contribution in [-0.4, -0.2) is 30.7 Å². The van der Waals surface area contributed by atoms with Crippen LogP contribution in [0.3, 0.4) is 0 Å². The largest absolute Gasteiger partial charge is 0.370 e. The Morgan fingerprint density at radius 2 is 2.06 bits per heavy atom. The van der Waals surface area contributed by atoms with Crippen molar-refractivity contribution >= 4 is 5.69 Å². The molecule has 2 unspecified atom stereocenters. The van der Waals surface area contributed by atoms with Gasteiger partial charge in [0.15, 0.2) is 0 Å². The topological polar surface area (TPSA) is 28.2 Å². The van der Waals surface area contributed by atoms with Crippen molar-refractivity contribution in [3.8, 4) is 0 Å². The van der Waals surface area contributed by atoms with Crippen LogP contribution < -0.4 is 10.2 Å². The molecule has 3 nitrogen and oxygen atoms in total. The van der Waals surface area contributed by atoms with Crippen molar-refractivity contribution in [1.82, 2.24) is 10.3 Å². The third-order valence-electron chi connectivity index (χ3n) is 3.72. The molecular weight excluding hydrogens is 222 g/mol. The minimum Gasteiger partial charge on any atom is -0.370 e. The summed E-state index contributed by atoms with van der Waals surface area (Å²) >= 11 is 0. The maximum atomic E-state index is 4.59. The molecule has 1 fully saturated rings. The number of aryl methyl sites for hydroxylation is 2. The Morgan fingerprint density at radius 1 is 1.28 bits per heavy atom. The van der Waals surface area contributed by atoms with Gasteiger partial charge in [0.25, 0.3) is 0 Å². The maximum absolute atomic E-state index is 4.59. The molecule has 1 saturated heterocycles. The Balaban J connectivity index is 2.18. The average Bonchev–Trinajstić information content (AvgIpc) is 2.30. The van der Waals surface area contributed by atoms with Crippen molar-refractivity contribution in [2.45, 2.75) is 40.2 Å². The molecule has 1 aromatic rings. The summed E-state index contributed by atoms with van der Waals surface area (Å²) in [7, 11) is 0. The Morgan fingerprint density at radius 3 is 2.78 bits per heavy atom. The van der Waals surface area contributed by atoms with E-state index >= 15 is 0 Å². The monoisotopic (exact) mass is 247 g/mol. The van der Waals surface area contributed by atoms with Crippen LogP contribution in [0, 0.1) is 19.8 Å². The highest BCUT2D eigenvalue weighted by Crippen LogP contribution is 2.21. The third kappa shape index (κ3) is 3.22. The molecule has 3 heteroatoms. The molecule has 0 saturated carbocycles. The van der Waals surface area contributed by atoms with Gasteiger partial charge >= 0.3 is 0 Å². The van der Waals surface area contributed by atoms with Crippen LogP contribution in [0.4, 0.5) is 5.69 Å². The van der Waals surface area contributed by atoms with Crippen LogP contribution in [0.2, 0.25) is 0 Å². The van der Waals surface area contributed by atoms with Crippen LogP contribution in [0.25, 0.3) is 0 Å². The molecular formula is C15H25N3. The second-order valence-corrected chi connectivity index (χ2v) is 5.71. The maximum Gasteiger partial charge on any atom is 0.0608 e. The molecule has 18 heavy (non-hydrogen) atoms. The SMILES string of the molecule is Cc1ccc(N2CCC(C)NCC(C)C2)c(C)n1. The lowest BCUT2D eigenvalue weighted by molar-refractivity contribution is 0.410. The Labute approximate surface area is 111 Å². The van der Waals surface area contributed by atoms with E-state index in [1.807, 2.05) is 0 Å². The average molecular weight is 247 g/mol. The van der Waals surface area contributed by atoms with Crippen molar-refractivity contribution in [2.75, 3.05) is 24.5 Å². The van der Waals surface area contributed by atoms with E-state index in [1.54, 1.807) is 0 Å². The van der Waals surface area contributed by atoms with Gasteiger partial charge < -0.3 is 10.2 Å². The van der Waals surface area contributed by atoms with Crippen LogP contribution in [0.5, 0.6) is 0 Å². The van der Waals surface area contributed by atoms with Gasteiger partial charge in [0.2, 0.25) is 0 Å². The molecule has 1 aliphatic rings. The second kappa shape index (κ2) is 5.70. The predicted molar refractivity (Wildman–Crippen MR) is 77.2 cm³/mol. The zero-order valence-corrected chi connectivity index (χ0v) is 12.0. The number of pyridine rings is 1. The molecule has 2 rings (SSSR count). The van der Waals surface area contributed by atoms with Gasteiger partial charge in [-0.05, 0) is 51.8 Å². The Kier molecular flexibility index (Phi) is 4.23. The van der Waals surface area contributed by atoms with Gasteiger partial charge in [0.05, 0.1) is 11.4 Å². The Hall–Kier alpha value is -1.09. The minimum absolute atomic E-state index is 0.606. The molecule has 0 bridgehead atoms. The zero-order valence-electron chi connectivity index (χ0n) is 12.0. The highest BCUT2D eigenvalue weighted by molar-refractivity contribution is 5.50. The smallest absolute Gasteiger partial charge is 0.0608 e. The number of nitrogens with zero attached hydrogens (tertiary/aromatic N) is 2. The summed E-state index contributed by atoms with van der Waals surface area (Å²) in [5.74, 6) is 0.674. The fourth-order valence-electron chi connectivity index (χ4n) is 2.62. The summed E-state index contributed by atoms with van der Waals surface area (Å²) in [4.78, 5) is 7.09. The molecule has 0 amide bonds. The highest BCUT2D eigenvalue weighted by Gasteiger charge is 2.18. The normalized spacial score (nSPS) is 25.7. The van der Waals surface area contributed by atoms with Gasteiger partial charge in [0.1, 0.15) is 0 Å². The molecule has 1 aliphatic heterocycles. The van der Waals surface area contributed by atoms with Crippen LogP contribution >= 0.6 is 0 Å². The summed E-state index contributed by atoms with van der Waals surface area (Å²) in [5.41, 5.74) is 3.57. The number of nitrogens with one attached hydrogen (secondary N) is 1. The minimum atomic E-state index is 0.606. The van der Waals surface area contributed by atoms with E-state index in [4.69, 9.17) is 0 Å². The number of aromatic nitrogens is 1. The third-order valence-corrected chi connectivity index (χ3v) is 3.72. The van der Waals surface area contributed by atoms with Crippen molar-refractivity contribution in [2.24, 2.45) is 5.92 Å². The van der Waals surface area contributed by atoms with Gasteiger partial charge in [-0.3, -0.25) is 4.98 Å². The van der Waals surface area contributed by atoms with Crippen molar-refractivity contribution in [3.63, 3.8) is 0 Å². The van der Waals surface area contributed by atoms with Crippen molar-refractivity contribution in [3.05, 3.63) is 23.5 Å². The molecule has 100 valence electrons. The van der Waals surface area contributed by atoms with Crippen LogP contribution in [-0.2, 0) is 0 Å². The number of rotatable bonds is 1. The lowest BCUT2D eigenvalue weighted by Gasteiger charge is -2.33. The van der Waals surface area contributed by atoms with Gasteiger partial charge in [-0.2, -0.15) is 0 Å². The summed E-state index contributed by atoms with van der Waals surface area (Å²) in [6, 6.07) is 4.95. The van der Waals surface area contributed by atoms with E-state index in [9.17, 15) is 0 Å². The first-order chi connectivity index (χ1) is 8.56. The molecule has 0 radical (unpaired) electrons. The highest BCUT2D eigenvalue weighted by atomic mass is 15.2. The fourth-order valence-corrected chi connectivity index (χ4v) is 2.62. The predicted octanol–water partition coefficient (Wildman–Crippen LogP) is 2.52. The summed E-state index contributed by atoms with van der Waals surface area (Å²) in [5, 5.41) is 3.59. The Bertz CT molecular complexity index is 403. The first-order valence-corrected chi connectivity index (χ1v) is 6.99. The summed E-state index contributed by atoms with van der Waals surface area (Å²) in [6.07, 6.45) is 1.19. The summed E-state index contributed by atoms with van der Waals surface area (Å²) in [6.45, 7) is 12.1. The molecule has 1 N–H and O–H groups in total. The lowest BCUT2D eigenvalue weighted by Crippen LogP contribution is -2.42. The molecule has 0 aromatic carbocycles. The first kappa shape index (κ1) is 13.3. The number of anilines is 1. The lowest BCUT2D eigenvalue weighted by atomic mass is 10.1. The standard InChI is InChI=1S/C15H25N3/c1-11-9-16-12(2)7-8-18(10-11)15-6-5-13(3)17-14(15)4/h5-6,11-12,16H,7-10H2,1-4H3. The van der Waals surface area contributed by atoms with Crippen molar-refractivity contribution in [1.29, 1.82) is 0 Å².